The predicted octanol–water partition coefficient (Wildman–Crippen LogP) is 1.07. The third kappa shape index (κ3) is 3.14. The fraction of sp³-hybridized carbons (Fsp3) is 0.250. The number of benzene rings is 1. The van der Waals surface area contributed by atoms with Crippen molar-refractivity contribution in [3.05, 3.63) is 33.9 Å². The first-order valence-electron chi connectivity index (χ1n) is 5.90. The van der Waals surface area contributed by atoms with Gasteiger partial charge in [-0.25, -0.2) is 4.79 Å². The molecule has 21 heavy (non-hydrogen) atoms. The van der Waals surface area contributed by atoms with Crippen LogP contribution >= 0.6 is 0 Å². The maximum Gasteiger partial charge on any atom is 0.353 e. The Morgan fingerprint density at radius 1 is 1.52 bits per heavy atom. The average Bonchev–Trinajstić information content (AvgIpc) is 2.90. The number of hydrogen-bond acceptors (Lipinski definition) is 6. The van der Waals surface area contributed by atoms with Crippen LogP contribution in [0.25, 0.3) is 0 Å². The van der Waals surface area contributed by atoms with Gasteiger partial charge in [-0.3, -0.25) is 14.9 Å². The maximum atomic E-state index is 11.9. The summed E-state index contributed by atoms with van der Waals surface area (Å²) < 4.78 is 0. The second-order valence-electron chi connectivity index (χ2n) is 4.39. The number of aryl methyl sites for hydroxylation is 1. The number of hydrogen-bond donors (Lipinski definition) is 2. The van der Waals surface area contributed by atoms with E-state index in [0.717, 1.165) is 0 Å². The van der Waals surface area contributed by atoms with Crippen molar-refractivity contribution < 1.29 is 24.5 Å². The van der Waals surface area contributed by atoms with Gasteiger partial charge in [0.05, 0.1) is 4.92 Å². The quantitative estimate of drug-likeness (QED) is 0.630. The molecule has 1 aliphatic heterocycles. The van der Waals surface area contributed by atoms with Crippen molar-refractivity contribution in [2.24, 2.45) is 5.16 Å². The Balaban J connectivity index is 2.04. The lowest BCUT2D eigenvalue weighted by Gasteiger charge is -2.11. The van der Waals surface area contributed by atoms with Crippen LogP contribution in [0, 0.1) is 17.0 Å². The van der Waals surface area contributed by atoms with Crippen LogP contribution in [0.15, 0.2) is 23.4 Å². The Bertz CT molecular complexity index is 654. The highest BCUT2D eigenvalue weighted by atomic mass is 16.6. The molecule has 0 spiro atoms. The molecule has 1 aromatic rings. The molecule has 1 unspecified atom stereocenters. The molecule has 0 saturated carbocycles. The molecule has 0 bridgehead atoms. The van der Waals surface area contributed by atoms with Crippen molar-refractivity contribution in [3.63, 3.8) is 0 Å². The maximum absolute atomic E-state index is 11.9. The number of rotatable bonds is 4. The Hall–Kier alpha value is -2.97. The second-order valence-corrected chi connectivity index (χ2v) is 4.39. The number of nitrogens with zero attached hydrogens (tertiary/aromatic N) is 2. The molecular formula is C12H11N3O6. The molecule has 9 nitrogen and oxygen atoms in total. The Kier molecular flexibility index (Phi) is 3.83. The summed E-state index contributed by atoms with van der Waals surface area (Å²) in [6.07, 6.45) is -1.15. The van der Waals surface area contributed by atoms with Crippen LogP contribution in [0.3, 0.4) is 0 Å². The average molecular weight is 293 g/mol. The number of nitro benzene ring substituents is 1. The van der Waals surface area contributed by atoms with Gasteiger partial charge < -0.3 is 15.3 Å². The second kappa shape index (κ2) is 5.57. The summed E-state index contributed by atoms with van der Waals surface area (Å²) in [5.41, 5.74) is 0.586. The third-order valence-electron chi connectivity index (χ3n) is 2.89. The van der Waals surface area contributed by atoms with E-state index >= 15 is 0 Å². The number of nitro groups is 1. The first-order valence-corrected chi connectivity index (χ1v) is 5.90. The minimum absolute atomic E-state index is 0.0842. The van der Waals surface area contributed by atoms with Crippen LogP contribution in [-0.4, -0.2) is 33.7 Å². The summed E-state index contributed by atoms with van der Waals surface area (Å²) in [6, 6.07) is 3.99. The van der Waals surface area contributed by atoms with Crippen LogP contribution in [-0.2, 0) is 14.4 Å². The lowest BCUT2D eigenvalue weighted by Crippen LogP contribution is -2.29. The Morgan fingerprint density at radius 2 is 2.24 bits per heavy atom. The molecule has 0 aliphatic carbocycles. The molecule has 1 aromatic carbocycles. The van der Waals surface area contributed by atoms with Gasteiger partial charge in [0.1, 0.15) is 0 Å². The summed E-state index contributed by atoms with van der Waals surface area (Å²) in [5.74, 6) is -1.80. The normalized spacial score (nSPS) is 16.8. The molecule has 0 radical (unpaired) electrons. The highest BCUT2D eigenvalue weighted by Gasteiger charge is 2.31. The number of amides is 1. The topological polar surface area (TPSA) is 131 Å². The molecule has 2 N–H and O–H groups in total. The monoisotopic (exact) mass is 293 g/mol. The van der Waals surface area contributed by atoms with Crippen molar-refractivity contribution in [1.82, 2.24) is 0 Å². The number of carbonyl (C=O) groups is 2. The summed E-state index contributed by atoms with van der Waals surface area (Å²) in [6.45, 7) is 1.61. The van der Waals surface area contributed by atoms with Crippen molar-refractivity contribution in [1.29, 1.82) is 0 Å². The van der Waals surface area contributed by atoms with E-state index in [9.17, 15) is 19.7 Å². The van der Waals surface area contributed by atoms with Gasteiger partial charge in [-0.1, -0.05) is 5.16 Å². The van der Waals surface area contributed by atoms with Crippen LogP contribution < -0.4 is 5.32 Å². The SMILES string of the molecule is Cc1cc([N+](=O)[O-])ccc1NC(=O)C1CC(C(=O)O)=NO1. The summed E-state index contributed by atoms with van der Waals surface area (Å²) in [5, 5.41) is 25.2. The molecule has 2 rings (SSSR count). The molecular weight excluding hydrogens is 282 g/mol. The van der Waals surface area contributed by atoms with E-state index in [1.807, 2.05) is 0 Å². The minimum atomic E-state index is -1.24. The number of non-ortho nitro benzene ring substituents is 1. The first-order chi connectivity index (χ1) is 9.88. The van der Waals surface area contributed by atoms with E-state index in [2.05, 4.69) is 10.5 Å². The van der Waals surface area contributed by atoms with Crippen molar-refractivity contribution >= 4 is 29.0 Å². The van der Waals surface area contributed by atoms with Crippen LogP contribution in [0.1, 0.15) is 12.0 Å². The van der Waals surface area contributed by atoms with Gasteiger partial charge in [-0.15, -0.1) is 0 Å². The zero-order valence-corrected chi connectivity index (χ0v) is 10.9. The van der Waals surface area contributed by atoms with Gasteiger partial charge in [0.2, 0.25) is 6.10 Å². The number of carbonyl (C=O) groups excluding carboxylic acids is 1. The van der Waals surface area contributed by atoms with E-state index in [1.165, 1.54) is 18.2 Å². The van der Waals surface area contributed by atoms with E-state index in [-0.39, 0.29) is 17.8 Å². The predicted molar refractivity (Wildman–Crippen MR) is 71.0 cm³/mol. The Labute approximate surface area is 118 Å². The van der Waals surface area contributed by atoms with E-state index < -0.39 is 22.9 Å². The van der Waals surface area contributed by atoms with Gasteiger partial charge >= 0.3 is 5.97 Å². The number of nitrogens with one attached hydrogen (secondary N) is 1. The highest BCUT2D eigenvalue weighted by molar-refractivity contribution is 6.36. The molecule has 0 fully saturated rings. The molecule has 9 heteroatoms. The fourth-order valence-corrected chi connectivity index (χ4v) is 1.76. The van der Waals surface area contributed by atoms with Crippen LogP contribution in [0.5, 0.6) is 0 Å². The number of oxime groups is 1. The van der Waals surface area contributed by atoms with Crippen LogP contribution in [0.2, 0.25) is 0 Å². The standard InChI is InChI=1S/C12H11N3O6/c1-6-4-7(15(19)20)2-3-8(6)13-11(16)10-5-9(12(17)18)14-21-10/h2-4,10H,5H2,1H3,(H,13,16)(H,17,18). The van der Waals surface area contributed by atoms with Gasteiger partial charge in [0.25, 0.3) is 11.6 Å². The summed E-state index contributed by atoms with van der Waals surface area (Å²) in [7, 11) is 0. The lowest BCUT2D eigenvalue weighted by molar-refractivity contribution is -0.384. The number of carboxylic acids is 1. The van der Waals surface area contributed by atoms with Gasteiger partial charge in [-0.05, 0) is 18.6 Å². The number of aliphatic carboxylic acids is 1. The van der Waals surface area contributed by atoms with E-state index in [4.69, 9.17) is 9.94 Å². The smallest absolute Gasteiger partial charge is 0.353 e. The van der Waals surface area contributed by atoms with Crippen molar-refractivity contribution in [3.8, 4) is 0 Å². The molecule has 1 atom stereocenters. The molecule has 110 valence electrons. The zero-order valence-electron chi connectivity index (χ0n) is 10.9. The molecule has 1 aliphatic rings. The van der Waals surface area contributed by atoms with E-state index in [0.29, 0.717) is 11.3 Å². The highest BCUT2D eigenvalue weighted by Crippen LogP contribution is 2.22. The lowest BCUT2D eigenvalue weighted by atomic mass is 10.1. The first kappa shape index (κ1) is 14.4. The Morgan fingerprint density at radius 3 is 2.76 bits per heavy atom. The number of anilines is 1. The largest absolute Gasteiger partial charge is 0.477 e. The zero-order chi connectivity index (χ0) is 15.6. The molecule has 1 amide bonds. The summed E-state index contributed by atoms with van der Waals surface area (Å²) >= 11 is 0. The molecule has 1 heterocycles. The van der Waals surface area contributed by atoms with Gasteiger partial charge in [-0.2, -0.15) is 0 Å². The summed E-state index contributed by atoms with van der Waals surface area (Å²) in [4.78, 5) is 37.4. The fourth-order valence-electron chi connectivity index (χ4n) is 1.76. The van der Waals surface area contributed by atoms with Crippen molar-refractivity contribution in [2.75, 3.05) is 5.32 Å². The number of carboxylic acid groups (broad SMARTS) is 1. The molecule has 0 saturated heterocycles. The van der Waals surface area contributed by atoms with Gasteiger partial charge in [0.15, 0.2) is 5.71 Å². The van der Waals surface area contributed by atoms with Gasteiger partial charge in [0, 0.05) is 24.2 Å². The molecule has 0 aromatic heterocycles. The van der Waals surface area contributed by atoms with E-state index in [1.54, 1.807) is 6.92 Å². The third-order valence-corrected chi connectivity index (χ3v) is 2.89. The van der Waals surface area contributed by atoms with Crippen molar-refractivity contribution in [2.45, 2.75) is 19.4 Å². The van der Waals surface area contributed by atoms with Crippen LogP contribution in [0.4, 0.5) is 11.4 Å². The minimum Gasteiger partial charge on any atom is -0.477 e.